The molecule has 0 fully saturated rings. The average Bonchev–Trinajstić information content (AvgIpc) is 2.70. The van der Waals surface area contributed by atoms with Crippen LogP contribution in [0, 0.1) is 6.92 Å². The standard InChI is InChI=1S/C12H13NS/c1-3-10-4-5-11(6-9(10)2)12-7-14-8-13-12/h4-8H,3H2,1-2H3. The first-order valence-corrected chi connectivity index (χ1v) is 5.73. The van der Waals surface area contributed by atoms with Gasteiger partial charge in [-0.25, -0.2) is 4.98 Å². The number of hydrogen-bond donors (Lipinski definition) is 0. The number of aryl methyl sites for hydroxylation is 2. The Balaban J connectivity index is 2.43. The molecule has 0 radical (unpaired) electrons. The summed E-state index contributed by atoms with van der Waals surface area (Å²) in [6, 6.07) is 6.57. The highest BCUT2D eigenvalue weighted by Crippen LogP contribution is 2.22. The zero-order valence-corrected chi connectivity index (χ0v) is 9.27. The molecule has 0 aliphatic heterocycles. The van der Waals surface area contributed by atoms with Crippen molar-refractivity contribution in [3.8, 4) is 11.3 Å². The van der Waals surface area contributed by atoms with Crippen LogP contribution in [0.5, 0.6) is 0 Å². The van der Waals surface area contributed by atoms with Crippen LogP contribution in [0.4, 0.5) is 0 Å². The van der Waals surface area contributed by atoms with Gasteiger partial charge in [-0.15, -0.1) is 11.3 Å². The monoisotopic (exact) mass is 203 g/mol. The molecule has 14 heavy (non-hydrogen) atoms. The number of aromatic nitrogens is 1. The van der Waals surface area contributed by atoms with Crippen LogP contribution in [0.1, 0.15) is 18.1 Å². The first-order chi connectivity index (χ1) is 6.81. The summed E-state index contributed by atoms with van der Waals surface area (Å²) in [5.41, 5.74) is 6.96. The lowest BCUT2D eigenvalue weighted by atomic mass is 10.0. The first kappa shape index (κ1) is 9.41. The van der Waals surface area contributed by atoms with Crippen LogP contribution < -0.4 is 0 Å². The van der Waals surface area contributed by atoms with E-state index in [1.54, 1.807) is 11.3 Å². The molecule has 2 heteroatoms. The molecule has 1 nitrogen and oxygen atoms in total. The zero-order chi connectivity index (χ0) is 9.97. The van der Waals surface area contributed by atoms with E-state index in [4.69, 9.17) is 0 Å². The second kappa shape index (κ2) is 3.93. The van der Waals surface area contributed by atoms with Gasteiger partial charge in [0.25, 0.3) is 0 Å². The third-order valence-electron chi connectivity index (χ3n) is 2.45. The van der Waals surface area contributed by atoms with Gasteiger partial charge < -0.3 is 0 Å². The summed E-state index contributed by atoms with van der Waals surface area (Å²) in [6.07, 6.45) is 1.10. The molecule has 0 atom stereocenters. The Bertz CT molecular complexity index is 418. The summed E-state index contributed by atoms with van der Waals surface area (Å²) < 4.78 is 0. The van der Waals surface area contributed by atoms with Gasteiger partial charge in [-0.3, -0.25) is 0 Å². The second-order valence-corrected chi connectivity index (χ2v) is 4.09. The number of nitrogens with zero attached hydrogens (tertiary/aromatic N) is 1. The van der Waals surface area contributed by atoms with E-state index in [0.717, 1.165) is 12.1 Å². The van der Waals surface area contributed by atoms with Crippen molar-refractivity contribution in [3.05, 3.63) is 40.2 Å². The Morgan fingerprint density at radius 2 is 2.21 bits per heavy atom. The van der Waals surface area contributed by atoms with E-state index < -0.39 is 0 Å². The van der Waals surface area contributed by atoms with Gasteiger partial charge in [-0.2, -0.15) is 0 Å². The fourth-order valence-electron chi connectivity index (χ4n) is 1.61. The van der Waals surface area contributed by atoms with Gasteiger partial charge in [-0.05, 0) is 30.5 Å². The third kappa shape index (κ3) is 1.70. The lowest BCUT2D eigenvalue weighted by molar-refractivity contribution is 1.11. The van der Waals surface area contributed by atoms with E-state index in [9.17, 15) is 0 Å². The van der Waals surface area contributed by atoms with Crippen LogP contribution >= 0.6 is 11.3 Å². The topological polar surface area (TPSA) is 12.9 Å². The van der Waals surface area contributed by atoms with Crippen LogP contribution in [0.15, 0.2) is 29.1 Å². The van der Waals surface area contributed by atoms with Gasteiger partial charge in [0.15, 0.2) is 0 Å². The van der Waals surface area contributed by atoms with Crippen LogP contribution in [0.3, 0.4) is 0 Å². The number of benzene rings is 1. The maximum atomic E-state index is 4.30. The molecular formula is C12H13NS. The molecule has 0 spiro atoms. The van der Waals surface area contributed by atoms with Gasteiger partial charge >= 0.3 is 0 Å². The molecule has 0 aliphatic rings. The third-order valence-corrected chi connectivity index (χ3v) is 3.04. The molecule has 2 aromatic rings. The first-order valence-electron chi connectivity index (χ1n) is 4.79. The maximum Gasteiger partial charge on any atom is 0.0811 e. The Morgan fingerprint density at radius 3 is 2.79 bits per heavy atom. The zero-order valence-electron chi connectivity index (χ0n) is 8.45. The van der Waals surface area contributed by atoms with E-state index in [0.29, 0.717) is 0 Å². The fraction of sp³-hybridized carbons (Fsp3) is 0.250. The molecule has 0 N–H and O–H groups in total. The smallest absolute Gasteiger partial charge is 0.0811 e. The van der Waals surface area contributed by atoms with Crippen molar-refractivity contribution in [2.75, 3.05) is 0 Å². The molecule has 0 amide bonds. The van der Waals surface area contributed by atoms with E-state index in [1.807, 2.05) is 5.51 Å². The van der Waals surface area contributed by atoms with Crippen molar-refractivity contribution in [2.24, 2.45) is 0 Å². The van der Waals surface area contributed by atoms with E-state index in [-0.39, 0.29) is 0 Å². The molecule has 0 bridgehead atoms. The number of thiazole rings is 1. The second-order valence-electron chi connectivity index (χ2n) is 3.37. The number of rotatable bonds is 2. The van der Waals surface area contributed by atoms with Crippen molar-refractivity contribution in [2.45, 2.75) is 20.3 Å². The van der Waals surface area contributed by atoms with Crippen LogP contribution in [-0.2, 0) is 6.42 Å². The Hall–Kier alpha value is -1.15. The number of hydrogen-bond acceptors (Lipinski definition) is 2. The molecule has 1 aromatic heterocycles. The van der Waals surface area contributed by atoms with E-state index >= 15 is 0 Å². The normalized spacial score (nSPS) is 10.4. The highest BCUT2D eigenvalue weighted by atomic mass is 32.1. The summed E-state index contributed by atoms with van der Waals surface area (Å²) >= 11 is 1.64. The molecular weight excluding hydrogens is 190 g/mol. The van der Waals surface area contributed by atoms with Gasteiger partial charge in [0.2, 0.25) is 0 Å². The summed E-state index contributed by atoms with van der Waals surface area (Å²) in [5, 5.41) is 2.08. The Morgan fingerprint density at radius 1 is 1.36 bits per heavy atom. The fourth-order valence-corrected chi connectivity index (χ4v) is 2.17. The van der Waals surface area contributed by atoms with Crippen molar-refractivity contribution >= 4 is 11.3 Å². The van der Waals surface area contributed by atoms with Gasteiger partial charge in [0.1, 0.15) is 0 Å². The van der Waals surface area contributed by atoms with Gasteiger partial charge in [0, 0.05) is 10.9 Å². The lowest BCUT2D eigenvalue weighted by Crippen LogP contribution is -1.87. The molecule has 0 saturated carbocycles. The SMILES string of the molecule is CCc1ccc(-c2cscn2)cc1C. The van der Waals surface area contributed by atoms with Crippen molar-refractivity contribution in [1.29, 1.82) is 0 Å². The minimum Gasteiger partial charge on any atom is -0.245 e. The lowest BCUT2D eigenvalue weighted by Gasteiger charge is -2.04. The van der Waals surface area contributed by atoms with Crippen molar-refractivity contribution in [3.63, 3.8) is 0 Å². The van der Waals surface area contributed by atoms with Crippen molar-refractivity contribution in [1.82, 2.24) is 4.98 Å². The molecule has 1 heterocycles. The molecule has 0 aliphatic carbocycles. The average molecular weight is 203 g/mol. The van der Waals surface area contributed by atoms with Gasteiger partial charge in [-0.1, -0.05) is 19.1 Å². The highest BCUT2D eigenvalue weighted by molar-refractivity contribution is 7.07. The molecule has 0 saturated heterocycles. The van der Waals surface area contributed by atoms with E-state index in [1.165, 1.54) is 16.7 Å². The predicted octanol–water partition coefficient (Wildman–Crippen LogP) is 3.68. The quantitative estimate of drug-likeness (QED) is 0.725. The molecule has 72 valence electrons. The highest BCUT2D eigenvalue weighted by Gasteiger charge is 2.01. The summed E-state index contributed by atoms with van der Waals surface area (Å²) in [4.78, 5) is 4.30. The van der Waals surface area contributed by atoms with E-state index in [2.05, 4.69) is 42.4 Å². The van der Waals surface area contributed by atoms with Crippen LogP contribution in [0.2, 0.25) is 0 Å². The minimum atomic E-state index is 1.08. The Labute approximate surface area is 88.4 Å². The van der Waals surface area contributed by atoms with Crippen molar-refractivity contribution < 1.29 is 0 Å². The molecule has 1 aromatic carbocycles. The molecule has 2 rings (SSSR count). The Kier molecular flexibility index (Phi) is 2.64. The summed E-state index contributed by atoms with van der Waals surface area (Å²) in [5.74, 6) is 0. The summed E-state index contributed by atoms with van der Waals surface area (Å²) in [6.45, 7) is 4.35. The van der Waals surface area contributed by atoms with Crippen LogP contribution in [0.25, 0.3) is 11.3 Å². The minimum absolute atomic E-state index is 1.08. The predicted molar refractivity (Wildman–Crippen MR) is 61.7 cm³/mol. The largest absolute Gasteiger partial charge is 0.245 e. The summed E-state index contributed by atoms with van der Waals surface area (Å²) in [7, 11) is 0. The maximum absolute atomic E-state index is 4.30. The van der Waals surface area contributed by atoms with Crippen LogP contribution in [-0.4, -0.2) is 4.98 Å². The van der Waals surface area contributed by atoms with Gasteiger partial charge in [0.05, 0.1) is 11.2 Å². The molecule has 0 unspecified atom stereocenters.